The molecule has 0 aliphatic heterocycles. The van der Waals surface area contributed by atoms with E-state index in [2.05, 4.69) is 122 Å². The predicted octanol–water partition coefficient (Wildman–Crippen LogP) is 31.0. The Balaban J connectivity index is 0.000000140. The van der Waals surface area contributed by atoms with Crippen LogP contribution in [0, 0.1) is 244 Å². The number of rotatable bonds is 22. The third-order valence-electron chi connectivity index (χ3n) is 52.3. The van der Waals surface area contributed by atoms with Gasteiger partial charge in [0.25, 0.3) is 0 Å². The van der Waals surface area contributed by atoms with Gasteiger partial charge in [0.2, 0.25) is 10.4 Å². The van der Waals surface area contributed by atoms with E-state index in [1.807, 2.05) is 13.8 Å². The molecule has 142 heavy (non-hydrogen) atoms. The molecule has 20 rings (SSSR count). The summed E-state index contributed by atoms with van der Waals surface area (Å²) in [5.74, 6) is 26.1. The molecule has 20 fully saturated rings. The molecular weight excluding hydrogens is 1780 g/mol. The topological polar surface area (TPSA) is 274 Å². The number of hydrogen-bond donors (Lipinski definition) is 6. The van der Waals surface area contributed by atoms with Crippen LogP contribution < -0.4 is 6.15 Å². The highest BCUT2D eigenvalue weighted by Gasteiger charge is 2.68. The van der Waals surface area contributed by atoms with Crippen LogP contribution in [0.4, 0.5) is 0 Å². The molecule has 0 saturated heterocycles. The van der Waals surface area contributed by atoms with E-state index in [4.69, 9.17) is 14.6 Å². The van der Waals surface area contributed by atoms with Crippen molar-refractivity contribution in [2.24, 2.45) is 244 Å². The van der Waals surface area contributed by atoms with Gasteiger partial charge in [-0.15, -0.1) is 0 Å². The Morgan fingerprint density at radius 3 is 0.789 bits per heavy atom. The maximum atomic E-state index is 11.7. The molecule has 15 nitrogen and oxygen atoms in total. The summed E-state index contributed by atoms with van der Waals surface area (Å²) in [6, 6.07) is 0. The van der Waals surface area contributed by atoms with Gasteiger partial charge < -0.3 is 45.7 Å². The summed E-state index contributed by atoms with van der Waals surface area (Å²) >= 11 is 0. The van der Waals surface area contributed by atoms with Crippen molar-refractivity contribution >= 4 is 28.3 Å². The van der Waals surface area contributed by atoms with Crippen LogP contribution in [0.25, 0.3) is 0 Å². The number of aliphatic hydroxyl groups is 4. The molecule has 16 heteroatoms. The molecular formula is C126H221NO14S. The lowest BCUT2D eigenvalue weighted by atomic mass is 9.44. The first-order valence-electron chi connectivity index (χ1n) is 61.4. The van der Waals surface area contributed by atoms with Crippen LogP contribution in [0.3, 0.4) is 0 Å². The van der Waals surface area contributed by atoms with Crippen LogP contribution in [0.15, 0.2) is 0 Å². The Morgan fingerprint density at radius 2 is 0.542 bits per heavy atom. The molecule has 9 N–H and O–H groups in total. The predicted molar refractivity (Wildman–Crippen MR) is 576 cm³/mol. The molecule has 0 aromatic rings. The Kier molecular flexibility index (Phi) is 38.1. The van der Waals surface area contributed by atoms with Crippen molar-refractivity contribution in [1.29, 1.82) is 0 Å². The van der Waals surface area contributed by atoms with Gasteiger partial charge in [0, 0.05) is 25.9 Å². The number of methoxy groups -OCH3 is 2. The average Bonchev–Trinajstić information content (AvgIpc) is 1.52. The van der Waals surface area contributed by atoms with Gasteiger partial charge in [-0.25, -0.2) is 8.42 Å². The molecule has 0 heterocycles. The molecule has 45 atom stereocenters. The molecule has 0 aromatic heterocycles. The summed E-state index contributed by atoms with van der Waals surface area (Å²) in [4.78, 5) is 34.3. The van der Waals surface area contributed by atoms with E-state index in [9.17, 15) is 47.8 Å². The highest BCUT2D eigenvalue weighted by Crippen LogP contribution is 2.76. The van der Waals surface area contributed by atoms with Crippen LogP contribution in [0.5, 0.6) is 0 Å². The molecule has 20 aliphatic carbocycles. The number of aliphatic hydroxyl groups excluding tert-OH is 4. The maximum absolute atomic E-state index is 11.7. The lowest BCUT2D eigenvalue weighted by molar-refractivity contribution is -0.142. The SMILES string of the molecule is CC.COC(=O)CC[C@@H](C)[C@H]1CCC2C3CC[C@@H]4C[C@H](C)CC[C@]4(C)C3CC[C@@]21C.COC(=O)CC[C@@H](C)[C@H]1CCC2C3CC[C@@H]4C[C@H](O)CC[C@]4(C)C3CC[C@@]21C.C[C@@H]1CC[C@]2(C)C3CC[C@@]4(C)C(CC[C@@H]4[C@H](C)CCCO)C3CC[C@@H]2C1.C[C@H](CCC(=O)O)[C@H]1CCC2C3CC[C@@H]4C[C@H](O)CC[C@]4(C)C3CC[C@@]21C.C[C@H](CCCOS(=O)(=O)[O-])[C@H]1CCC2C3CC[C@@H]4C[C@H](O)CC[C@]4(C)C3CC[C@@]21C.[NH4+]. The summed E-state index contributed by atoms with van der Waals surface area (Å²) in [5, 5.41) is 49.0. The van der Waals surface area contributed by atoms with E-state index in [0.717, 1.165) is 219 Å². The number of carboxylic acid groups (broad SMARTS) is 1. The third kappa shape index (κ3) is 22.6. The lowest BCUT2D eigenvalue weighted by Crippen LogP contribution is -2.54. The van der Waals surface area contributed by atoms with Crippen molar-refractivity contribution in [3.8, 4) is 0 Å². The fraction of sp³-hybridized carbons (Fsp3) is 0.976. The fourth-order valence-electron chi connectivity index (χ4n) is 44.8. The second-order valence-electron chi connectivity index (χ2n) is 57.8. The van der Waals surface area contributed by atoms with Gasteiger partial charge in [-0.1, -0.05) is 144 Å². The number of carbonyl (C=O) groups is 3. The van der Waals surface area contributed by atoms with Gasteiger partial charge >= 0.3 is 17.9 Å². The van der Waals surface area contributed by atoms with Crippen molar-refractivity contribution in [2.45, 2.75) is 503 Å². The Morgan fingerprint density at radius 1 is 0.317 bits per heavy atom. The lowest BCUT2D eigenvalue weighted by Gasteiger charge is -2.61. The zero-order valence-corrected chi connectivity index (χ0v) is 96.1. The van der Waals surface area contributed by atoms with Crippen LogP contribution >= 0.6 is 0 Å². The summed E-state index contributed by atoms with van der Waals surface area (Å²) in [5.41, 5.74) is 5.04. The largest absolute Gasteiger partial charge is 0.726 e. The van der Waals surface area contributed by atoms with Crippen molar-refractivity contribution in [3.05, 3.63) is 0 Å². The van der Waals surface area contributed by atoms with Gasteiger partial charge in [-0.05, 0) is 565 Å². The number of fused-ring (bicyclic) bond motifs is 25. The van der Waals surface area contributed by atoms with Crippen LogP contribution in [-0.4, -0.2) is 102 Å². The second kappa shape index (κ2) is 46.8. The minimum Gasteiger partial charge on any atom is -0.726 e. The molecule has 0 radical (unpaired) electrons. The van der Waals surface area contributed by atoms with Crippen LogP contribution in [0.2, 0.25) is 0 Å². The van der Waals surface area contributed by atoms with Crippen molar-refractivity contribution in [1.82, 2.24) is 6.15 Å². The van der Waals surface area contributed by atoms with E-state index in [1.54, 1.807) is 0 Å². The molecule has 0 bridgehead atoms. The minimum atomic E-state index is -4.57. The maximum Gasteiger partial charge on any atom is 0.305 e. The van der Waals surface area contributed by atoms with Gasteiger partial charge in [-0.3, -0.25) is 18.6 Å². The van der Waals surface area contributed by atoms with Crippen LogP contribution in [-0.2, 0) is 38.4 Å². The smallest absolute Gasteiger partial charge is 0.305 e. The van der Waals surface area contributed by atoms with E-state index < -0.39 is 16.4 Å². The Labute approximate surface area is 869 Å². The minimum absolute atomic E-state index is 0. The first kappa shape index (κ1) is 116. The van der Waals surface area contributed by atoms with Gasteiger partial charge in [0.15, 0.2) is 0 Å². The van der Waals surface area contributed by atoms with E-state index in [1.165, 1.54) is 271 Å². The Hall–Kier alpha value is -1.92. The zero-order valence-electron chi connectivity index (χ0n) is 95.3. The summed E-state index contributed by atoms with van der Waals surface area (Å²) < 4.78 is 46.2. The highest BCUT2D eigenvalue weighted by atomic mass is 32.3. The third-order valence-corrected chi connectivity index (χ3v) is 52.8. The molecule has 20 saturated carbocycles. The quantitative estimate of drug-likeness (QED) is 0.0255. The van der Waals surface area contributed by atoms with Crippen molar-refractivity contribution < 1.29 is 66.5 Å². The van der Waals surface area contributed by atoms with E-state index in [0.29, 0.717) is 128 Å². The highest BCUT2D eigenvalue weighted by molar-refractivity contribution is 7.80. The van der Waals surface area contributed by atoms with Gasteiger partial charge in [0.1, 0.15) is 0 Å². The molecule has 20 aliphatic rings. The summed E-state index contributed by atoms with van der Waals surface area (Å²) in [7, 11) is -1.55. The Bertz CT molecular complexity index is 4080. The van der Waals surface area contributed by atoms with Crippen molar-refractivity contribution in [2.75, 3.05) is 27.4 Å². The average molecular weight is 2010 g/mol. The fourth-order valence-corrected chi connectivity index (χ4v) is 45.1. The van der Waals surface area contributed by atoms with E-state index >= 15 is 0 Å². The first-order valence-corrected chi connectivity index (χ1v) is 62.7. The van der Waals surface area contributed by atoms with E-state index in [-0.39, 0.29) is 43.0 Å². The molecule has 0 amide bonds. The first-order chi connectivity index (χ1) is 66.8. The van der Waals surface area contributed by atoms with Crippen molar-refractivity contribution in [3.63, 3.8) is 0 Å². The molecule has 15 unspecified atom stereocenters. The summed E-state index contributed by atoms with van der Waals surface area (Å²) in [6.07, 6.45) is 68.7. The molecule has 820 valence electrons. The van der Waals surface area contributed by atoms with Gasteiger partial charge in [0.05, 0.1) is 39.1 Å². The monoisotopic (exact) mass is 2000 g/mol. The number of carboxylic acids is 1. The standard InChI is InChI=1S/C26H44O2.C25H42O3.C25H44O.C24H42O5S.C24H40O3.C2H6.H3N/c1-17-12-14-25(3)19(16-17)7-8-20-22-10-9-21(18(2)6-11-24(27)28-5)26(22,4)15-13-23(20)25;1-16(5-10-23(27)28-4)20-8-9-21-19-7-6-17-15-18(26)11-13-24(17,2)22(19)12-14-25(20,21)3;1-17-11-13-24(3)19(16-17)7-8-20-22-10-9-21(18(2)6-5-15-26)25(22,4)14-12-23(20)24;1-16(5-4-14-29-30(26,27)28)20-8-9-21-19-7-6-17-15-18(25)10-12-23(17,2)22(19)11-13-24(20,21)3;1-15(4-9-22(26)27)19-7-8-20-18-6-5-16-14-17(25)10-12-23(16,2)21(18)11-13-24(19,20)3;1-2;/h17-23H,6-16H2,1-5H3;16-22,26H,5-15H2,1-4H3;17-23,26H,5-16H2,1-4H3;16-22,25H,4-15H2,1-3H3,(H,26,27,28);15-21,25H,4-14H2,1-3H3,(H,26,27);1-2H3;1H3/t17-,18-,19-,20?,21-,22?,23?,25+,26-;16-,17-,18-,19?,20-,21?,22?,24+,25-;17-,18-,19-,20?,21-,22?,23?,24+,25-;16-,17-,18-,19?,20-,21?,22?,23+,24-;15-,16-,17-,18?,19-,20?,21?,23+,24-;;/m11111../s1. The normalized spacial score (nSPS) is 48.4. The zero-order chi connectivity index (χ0) is 102. The number of hydrogen-bond acceptors (Lipinski definition) is 13. The molecule has 0 aromatic carbocycles. The number of quaternary nitrogens is 1. The van der Waals surface area contributed by atoms with Gasteiger partial charge in [-0.2, -0.15) is 0 Å². The summed E-state index contributed by atoms with van der Waals surface area (Å²) in [6.45, 7) is 47.4. The van der Waals surface area contributed by atoms with Crippen LogP contribution in [0.1, 0.15) is 485 Å². The number of carbonyl (C=O) groups excluding carboxylic acids is 2. The number of ether oxygens (including phenoxy) is 2. The number of aliphatic carboxylic acids is 1. The number of esters is 2. The second-order valence-corrected chi connectivity index (χ2v) is 58.8. The molecule has 0 spiro atoms.